The normalized spacial score (nSPS) is 13.2. The maximum atomic E-state index is 3.51. The van der Waals surface area contributed by atoms with Crippen LogP contribution in [0.1, 0.15) is 46.5 Å². The molecule has 0 bridgehead atoms. The Morgan fingerprint density at radius 3 is 2.25 bits per heavy atom. The highest BCUT2D eigenvalue weighted by atomic mass is 15.1. The third kappa shape index (κ3) is 6.62. The SMILES string of the molecule is CCCCNC(CCC)NCC. The molecule has 12 heavy (non-hydrogen) atoms. The summed E-state index contributed by atoms with van der Waals surface area (Å²) in [4.78, 5) is 0. The summed E-state index contributed by atoms with van der Waals surface area (Å²) in [6.07, 6.45) is 5.57. The summed E-state index contributed by atoms with van der Waals surface area (Å²) in [5.41, 5.74) is 0. The zero-order chi connectivity index (χ0) is 9.23. The summed E-state index contributed by atoms with van der Waals surface area (Å²) < 4.78 is 0. The average Bonchev–Trinajstić information content (AvgIpc) is 2.06. The first-order valence-electron chi connectivity index (χ1n) is 5.31. The lowest BCUT2D eigenvalue weighted by Gasteiger charge is -2.18. The van der Waals surface area contributed by atoms with Crippen molar-refractivity contribution < 1.29 is 0 Å². The lowest BCUT2D eigenvalue weighted by atomic mass is 10.2. The molecule has 0 saturated carbocycles. The van der Waals surface area contributed by atoms with Crippen LogP contribution in [0.3, 0.4) is 0 Å². The molecule has 2 nitrogen and oxygen atoms in total. The standard InChI is InChI=1S/C10H24N2/c1-4-7-9-12-10(8-5-2)11-6-3/h10-12H,4-9H2,1-3H3. The highest BCUT2D eigenvalue weighted by molar-refractivity contribution is 4.62. The molecule has 1 unspecified atom stereocenters. The Morgan fingerprint density at radius 1 is 1.00 bits per heavy atom. The Bertz CT molecular complexity index is 77.9. The Labute approximate surface area is 77.1 Å². The third-order valence-electron chi connectivity index (χ3n) is 1.95. The second-order valence-corrected chi connectivity index (χ2v) is 3.21. The van der Waals surface area contributed by atoms with Crippen LogP contribution in [0.2, 0.25) is 0 Å². The van der Waals surface area contributed by atoms with Crippen molar-refractivity contribution in [2.24, 2.45) is 0 Å². The summed E-state index contributed by atoms with van der Waals surface area (Å²) >= 11 is 0. The van der Waals surface area contributed by atoms with E-state index >= 15 is 0 Å². The molecule has 0 amide bonds. The van der Waals surface area contributed by atoms with Gasteiger partial charge in [-0.3, -0.25) is 0 Å². The van der Waals surface area contributed by atoms with Crippen LogP contribution < -0.4 is 10.6 Å². The van der Waals surface area contributed by atoms with Crippen LogP contribution in [0.25, 0.3) is 0 Å². The monoisotopic (exact) mass is 172 g/mol. The average molecular weight is 172 g/mol. The fourth-order valence-electron chi connectivity index (χ4n) is 1.26. The van der Waals surface area contributed by atoms with Gasteiger partial charge in [-0.2, -0.15) is 0 Å². The van der Waals surface area contributed by atoms with E-state index in [9.17, 15) is 0 Å². The topological polar surface area (TPSA) is 24.1 Å². The van der Waals surface area contributed by atoms with Gasteiger partial charge < -0.3 is 10.6 Å². The maximum Gasteiger partial charge on any atom is 0.0571 e. The lowest BCUT2D eigenvalue weighted by Crippen LogP contribution is -2.42. The smallest absolute Gasteiger partial charge is 0.0571 e. The van der Waals surface area contributed by atoms with Gasteiger partial charge in [0.2, 0.25) is 0 Å². The molecule has 0 aromatic rings. The van der Waals surface area contributed by atoms with Crippen LogP contribution in [0, 0.1) is 0 Å². The van der Waals surface area contributed by atoms with E-state index in [2.05, 4.69) is 31.4 Å². The van der Waals surface area contributed by atoms with Crippen molar-refractivity contribution in [1.82, 2.24) is 10.6 Å². The van der Waals surface area contributed by atoms with Crippen LogP contribution in [0.15, 0.2) is 0 Å². The molecule has 1 atom stereocenters. The van der Waals surface area contributed by atoms with E-state index in [0.29, 0.717) is 6.17 Å². The summed E-state index contributed by atoms with van der Waals surface area (Å²) in [5, 5.41) is 6.94. The van der Waals surface area contributed by atoms with Gasteiger partial charge in [-0.1, -0.05) is 33.6 Å². The van der Waals surface area contributed by atoms with Crippen LogP contribution in [0.5, 0.6) is 0 Å². The fraction of sp³-hybridized carbons (Fsp3) is 1.00. The minimum atomic E-state index is 0.534. The van der Waals surface area contributed by atoms with Crippen LogP contribution in [-0.2, 0) is 0 Å². The minimum absolute atomic E-state index is 0.534. The molecule has 0 saturated heterocycles. The molecule has 0 aromatic carbocycles. The second kappa shape index (κ2) is 9.01. The first kappa shape index (κ1) is 11.9. The molecule has 0 radical (unpaired) electrons. The lowest BCUT2D eigenvalue weighted by molar-refractivity contribution is 0.402. The van der Waals surface area contributed by atoms with Crippen molar-refractivity contribution in [2.45, 2.75) is 52.6 Å². The van der Waals surface area contributed by atoms with E-state index in [4.69, 9.17) is 0 Å². The highest BCUT2D eigenvalue weighted by Gasteiger charge is 2.02. The first-order chi connectivity index (χ1) is 5.85. The van der Waals surface area contributed by atoms with Crippen molar-refractivity contribution >= 4 is 0 Å². The predicted octanol–water partition coefficient (Wildman–Crippen LogP) is 2.11. The van der Waals surface area contributed by atoms with E-state index in [1.165, 1.54) is 25.7 Å². The quantitative estimate of drug-likeness (QED) is 0.433. The van der Waals surface area contributed by atoms with Gasteiger partial charge in [-0.15, -0.1) is 0 Å². The van der Waals surface area contributed by atoms with Gasteiger partial charge in [-0.25, -0.2) is 0 Å². The van der Waals surface area contributed by atoms with E-state index in [1.54, 1.807) is 0 Å². The Hall–Kier alpha value is -0.0800. The van der Waals surface area contributed by atoms with Gasteiger partial charge >= 0.3 is 0 Å². The molecule has 0 aliphatic carbocycles. The number of rotatable bonds is 8. The summed E-state index contributed by atoms with van der Waals surface area (Å²) in [6, 6.07) is 0. The van der Waals surface area contributed by atoms with Crippen LogP contribution in [-0.4, -0.2) is 19.3 Å². The van der Waals surface area contributed by atoms with Gasteiger partial charge in [0.25, 0.3) is 0 Å². The van der Waals surface area contributed by atoms with E-state index < -0.39 is 0 Å². The van der Waals surface area contributed by atoms with E-state index in [0.717, 1.165) is 13.1 Å². The zero-order valence-electron chi connectivity index (χ0n) is 8.82. The second-order valence-electron chi connectivity index (χ2n) is 3.21. The van der Waals surface area contributed by atoms with Crippen molar-refractivity contribution in [2.75, 3.05) is 13.1 Å². The Morgan fingerprint density at radius 2 is 1.75 bits per heavy atom. The van der Waals surface area contributed by atoms with Gasteiger partial charge in [0.1, 0.15) is 0 Å². The number of unbranched alkanes of at least 4 members (excludes halogenated alkanes) is 1. The van der Waals surface area contributed by atoms with Crippen LogP contribution in [0.4, 0.5) is 0 Å². The molecule has 74 valence electrons. The highest BCUT2D eigenvalue weighted by Crippen LogP contribution is 1.93. The van der Waals surface area contributed by atoms with Crippen molar-refractivity contribution in [3.05, 3.63) is 0 Å². The summed E-state index contributed by atoms with van der Waals surface area (Å²) in [7, 11) is 0. The fourth-order valence-corrected chi connectivity index (χ4v) is 1.26. The molecule has 0 spiro atoms. The molecule has 0 rings (SSSR count). The molecule has 0 aliphatic rings. The van der Waals surface area contributed by atoms with Gasteiger partial charge in [-0.05, 0) is 25.9 Å². The first-order valence-corrected chi connectivity index (χ1v) is 5.31. The molecule has 0 heterocycles. The van der Waals surface area contributed by atoms with Gasteiger partial charge in [0, 0.05) is 0 Å². The summed E-state index contributed by atoms with van der Waals surface area (Å²) in [5.74, 6) is 0. The van der Waals surface area contributed by atoms with Crippen molar-refractivity contribution in [3.8, 4) is 0 Å². The van der Waals surface area contributed by atoms with E-state index in [-0.39, 0.29) is 0 Å². The van der Waals surface area contributed by atoms with Crippen molar-refractivity contribution in [3.63, 3.8) is 0 Å². The summed E-state index contributed by atoms with van der Waals surface area (Å²) in [6.45, 7) is 8.82. The van der Waals surface area contributed by atoms with Crippen LogP contribution >= 0.6 is 0 Å². The minimum Gasteiger partial charge on any atom is -0.302 e. The Kier molecular flexibility index (Phi) is 8.95. The predicted molar refractivity (Wildman–Crippen MR) is 55.3 cm³/mol. The Balaban J connectivity index is 3.34. The number of hydrogen-bond donors (Lipinski definition) is 2. The number of hydrogen-bond acceptors (Lipinski definition) is 2. The molecule has 0 aliphatic heterocycles. The molecular weight excluding hydrogens is 148 g/mol. The van der Waals surface area contributed by atoms with E-state index in [1.807, 2.05) is 0 Å². The molecular formula is C10H24N2. The molecule has 0 aromatic heterocycles. The maximum absolute atomic E-state index is 3.51. The van der Waals surface area contributed by atoms with Crippen molar-refractivity contribution in [1.29, 1.82) is 0 Å². The molecule has 2 heteroatoms. The van der Waals surface area contributed by atoms with Gasteiger partial charge in [0.15, 0.2) is 0 Å². The molecule has 2 N–H and O–H groups in total. The van der Waals surface area contributed by atoms with Gasteiger partial charge in [0.05, 0.1) is 6.17 Å². The largest absolute Gasteiger partial charge is 0.302 e. The number of nitrogens with one attached hydrogen (secondary N) is 2. The zero-order valence-corrected chi connectivity index (χ0v) is 8.82. The third-order valence-corrected chi connectivity index (χ3v) is 1.95. The molecule has 0 fully saturated rings.